The molecule has 0 aliphatic rings. The third-order valence-electron chi connectivity index (χ3n) is 3.65. The molecule has 1 amide bonds. The number of aromatic nitrogens is 2. The van der Waals surface area contributed by atoms with Gasteiger partial charge < -0.3 is 9.67 Å². The van der Waals surface area contributed by atoms with Crippen molar-refractivity contribution >= 4 is 22.9 Å². The van der Waals surface area contributed by atoms with Crippen molar-refractivity contribution in [2.45, 2.75) is 26.3 Å². The van der Waals surface area contributed by atoms with E-state index in [2.05, 4.69) is 17.2 Å². The second kappa shape index (κ2) is 6.52. The number of para-hydroxylation sites is 2. The molecule has 0 aliphatic heterocycles. The number of hydrogen-bond donors (Lipinski definition) is 2. The van der Waals surface area contributed by atoms with Crippen molar-refractivity contribution in [2.24, 2.45) is 0 Å². The Hall–Kier alpha value is -2.82. The van der Waals surface area contributed by atoms with Gasteiger partial charge in [0.2, 0.25) is 11.9 Å². The van der Waals surface area contributed by atoms with Gasteiger partial charge in [-0.2, -0.15) is 0 Å². The van der Waals surface area contributed by atoms with E-state index in [1.165, 1.54) is 0 Å². The first-order valence-electron chi connectivity index (χ1n) is 7.70. The number of hydrogen-bond acceptors (Lipinski definition) is 3. The lowest BCUT2D eigenvalue weighted by Gasteiger charge is -2.09. The van der Waals surface area contributed by atoms with E-state index in [1.54, 1.807) is 24.3 Å². The van der Waals surface area contributed by atoms with Crippen molar-refractivity contribution < 1.29 is 9.90 Å². The first kappa shape index (κ1) is 15.1. The average Bonchev–Trinajstić information content (AvgIpc) is 2.88. The Bertz CT molecular complexity index is 822. The Morgan fingerprint density at radius 2 is 1.91 bits per heavy atom. The van der Waals surface area contributed by atoms with Gasteiger partial charge in [0, 0.05) is 6.54 Å². The van der Waals surface area contributed by atoms with Crippen LogP contribution in [0.4, 0.5) is 5.95 Å². The van der Waals surface area contributed by atoms with Gasteiger partial charge in [0.25, 0.3) is 0 Å². The van der Waals surface area contributed by atoms with Crippen LogP contribution in [0.1, 0.15) is 18.9 Å². The molecule has 3 aromatic rings. The summed E-state index contributed by atoms with van der Waals surface area (Å²) in [6, 6.07) is 14.5. The van der Waals surface area contributed by atoms with E-state index >= 15 is 0 Å². The Kier molecular flexibility index (Phi) is 4.28. The fraction of sp³-hybridized carbons (Fsp3) is 0.222. The number of anilines is 1. The number of fused-ring (bicyclic) bond motifs is 1. The summed E-state index contributed by atoms with van der Waals surface area (Å²) in [5.74, 6) is 0.652. The van der Waals surface area contributed by atoms with Crippen LogP contribution in [0.25, 0.3) is 11.0 Å². The van der Waals surface area contributed by atoms with E-state index in [-0.39, 0.29) is 18.1 Å². The van der Waals surface area contributed by atoms with E-state index in [4.69, 9.17) is 0 Å². The lowest BCUT2D eigenvalue weighted by Crippen LogP contribution is -2.18. The number of rotatable bonds is 5. The van der Waals surface area contributed by atoms with Gasteiger partial charge in [0.1, 0.15) is 5.75 Å². The first-order valence-corrected chi connectivity index (χ1v) is 7.70. The number of aromatic hydroxyl groups is 1. The minimum Gasteiger partial charge on any atom is -0.508 e. The standard InChI is InChI=1S/C18H19N3O2/c1-2-11-21-16-6-4-3-5-15(16)19-18(21)20-17(23)12-13-7-9-14(22)10-8-13/h3-10,22H,2,11-12H2,1H3,(H,19,20,23). The minimum absolute atomic E-state index is 0.122. The van der Waals surface area contributed by atoms with Crippen LogP contribution >= 0.6 is 0 Å². The predicted octanol–water partition coefficient (Wildman–Crippen LogP) is 3.33. The monoisotopic (exact) mass is 309 g/mol. The molecule has 1 heterocycles. The lowest BCUT2D eigenvalue weighted by atomic mass is 10.1. The highest BCUT2D eigenvalue weighted by Crippen LogP contribution is 2.20. The highest BCUT2D eigenvalue weighted by molar-refractivity contribution is 5.92. The molecule has 5 nitrogen and oxygen atoms in total. The zero-order chi connectivity index (χ0) is 16.2. The van der Waals surface area contributed by atoms with Gasteiger partial charge >= 0.3 is 0 Å². The fourth-order valence-electron chi connectivity index (χ4n) is 2.59. The van der Waals surface area contributed by atoms with Gasteiger partial charge in [-0.15, -0.1) is 0 Å². The molecule has 118 valence electrons. The van der Waals surface area contributed by atoms with Crippen molar-refractivity contribution in [3.63, 3.8) is 0 Å². The molecule has 23 heavy (non-hydrogen) atoms. The van der Waals surface area contributed by atoms with Crippen LogP contribution in [-0.2, 0) is 17.8 Å². The van der Waals surface area contributed by atoms with E-state index in [1.807, 2.05) is 28.8 Å². The van der Waals surface area contributed by atoms with Crippen molar-refractivity contribution in [1.29, 1.82) is 0 Å². The van der Waals surface area contributed by atoms with E-state index in [9.17, 15) is 9.90 Å². The molecule has 1 aromatic heterocycles. The smallest absolute Gasteiger partial charge is 0.231 e. The summed E-state index contributed by atoms with van der Waals surface area (Å²) in [4.78, 5) is 16.8. The summed E-state index contributed by atoms with van der Waals surface area (Å²) in [7, 11) is 0. The van der Waals surface area contributed by atoms with E-state index < -0.39 is 0 Å². The Morgan fingerprint density at radius 3 is 2.65 bits per heavy atom. The molecule has 0 atom stereocenters. The number of imidazole rings is 1. The Balaban J connectivity index is 1.81. The van der Waals surface area contributed by atoms with Crippen molar-refractivity contribution in [1.82, 2.24) is 9.55 Å². The molecule has 0 aliphatic carbocycles. The van der Waals surface area contributed by atoms with Gasteiger partial charge in [-0.25, -0.2) is 4.98 Å². The number of carbonyl (C=O) groups excluding carboxylic acids is 1. The molecule has 0 unspecified atom stereocenters. The molecular weight excluding hydrogens is 290 g/mol. The SMILES string of the molecule is CCCn1c(NC(=O)Cc2ccc(O)cc2)nc2ccccc21. The lowest BCUT2D eigenvalue weighted by molar-refractivity contribution is -0.115. The third kappa shape index (κ3) is 3.34. The number of nitrogens with one attached hydrogen (secondary N) is 1. The second-order valence-corrected chi connectivity index (χ2v) is 5.47. The average molecular weight is 309 g/mol. The summed E-state index contributed by atoms with van der Waals surface area (Å²) >= 11 is 0. The predicted molar refractivity (Wildman–Crippen MR) is 90.5 cm³/mol. The van der Waals surface area contributed by atoms with Gasteiger partial charge in [-0.1, -0.05) is 31.2 Å². The molecule has 2 aromatic carbocycles. The number of amides is 1. The van der Waals surface area contributed by atoms with Crippen LogP contribution in [0, 0.1) is 0 Å². The molecule has 0 saturated carbocycles. The highest BCUT2D eigenvalue weighted by Gasteiger charge is 2.12. The van der Waals surface area contributed by atoms with Gasteiger partial charge in [-0.3, -0.25) is 10.1 Å². The normalized spacial score (nSPS) is 10.8. The molecule has 3 rings (SSSR count). The van der Waals surface area contributed by atoms with Crippen LogP contribution < -0.4 is 5.32 Å². The molecule has 2 N–H and O–H groups in total. The fourth-order valence-corrected chi connectivity index (χ4v) is 2.59. The van der Waals surface area contributed by atoms with Crippen molar-refractivity contribution in [3.05, 3.63) is 54.1 Å². The maximum atomic E-state index is 12.3. The summed E-state index contributed by atoms with van der Waals surface area (Å²) in [5.41, 5.74) is 2.74. The maximum absolute atomic E-state index is 12.3. The van der Waals surface area contributed by atoms with Crippen LogP contribution in [0.15, 0.2) is 48.5 Å². The van der Waals surface area contributed by atoms with E-state index in [0.717, 1.165) is 29.6 Å². The van der Waals surface area contributed by atoms with Gasteiger partial charge in [0.05, 0.1) is 17.5 Å². The summed E-state index contributed by atoms with van der Waals surface area (Å²) < 4.78 is 2.03. The van der Waals surface area contributed by atoms with Gasteiger partial charge in [-0.05, 0) is 36.2 Å². The van der Waals surface area contributed by atoms with Crippen molar-refractivity contribution in [2.75, 3.05) is 5.32 Å². The summed E-state index contributed by atoms with van der Waals surface area (Å²) in [6.45, 7) is 2.89. The maximum Gasteiger partial charge on any atom is 0.231 e. The molecule has 0 fully saturated rings. The van der Waals surface area contributed by atoms with Crippen LogP contribution in [0.3, 0.4) is 0 Å². The largest absolute Gasteiger partial charge is 0.508 e. The summed E-state index contributed by atoms with van der Waals surface area (Å²) in [6.07, 6.45) is 1.21. The van der Waals surface area contributed by atoms with Crippen molar-refractivity contribution in [3.8, 4) is 5.75 Å². The molecular formula is C18H19N3O2. The second-order valence-electron chi connectivity index (χ2n) is 5.47. The molecule has 0 radical (unpaired) electrons. The van der Waals surface area contributed by atoms with E-state index in [0.29, 0.717) is 5.95 Å². The number of carbonyl (C=O) groups is 1. The van der Waals surface area contributed by atoms with Gasteiger partial charge in [0.15, 0.2) is 0 Å². The number of phenolic OH excluding ortho intramolecular Hbond substituents is 1. The topological polar surface area (TPSA) is 67.2 Å². The molecule has 0 bridgehead atoms. The molecule has 5 heteroatoms. The third-order valence-corrected chi connectivity index (χ3v) is 3.65. The first-order chi connectivity index (χ1) is 11.2. The number of benzene rings is 2. The zero-order valence-corrected chi connectivity index (χ0v) is 13.0. The molecule has 0 spiro atoms. The quantitative estimate of drug-likeness (QED) is 0.759. The zero-order valence-electron chi connectivity index (χ0n) is 13.0. The minimum atomic E-state index is -0.122. The molecule has 0 saturated heterocycles. The Labute approximate surface area is 134 Å². The number of nitrogens with zero attached hydrogens (tertiary/aromatic N) is 2. The number of aryl methyl sites for hydroxylation is 1. The van der Waals surface area contributed by atoms with Crippen LogP contribution in [0.2, 0.25) is 0 Å². The highest BCUT2D eigenvalue weighted by atomic mass is 16.3. The number of phenols is 1. The van der Waals surface area contributed by atoms with Crippen LogP contribution in [-0.4, -0.2) is 20.6 Å². The van der Waals surface area contributed by atoms with Crippen LogP contribution in [0.5, 0.6) is 5.75 Å². The Morgan fingerprint density at radius 1 is 1.17 bits per heavy atom. The summed E-state index contributed by atoms with van der Waals surface area (Å²) in [5, 5.41) is 12.2.